The summed E-state index contributed by atoms with van der Waals surface area (Å²) in [5.74, 6) is 0. The normalized spacial score (nSPS) is 7.57. The van der Waals surface area contributed by atoms with E-state index in [9.17, 15) is 0 Å². The van der Waals surface area contributed by atoms with Gasteiger partial charge in [-0.05, 0) is 0 Å². The molecule has 7 heavy (non-hydrogen) atoms. The van der Waals surface area contributed by atoms with Crippen molar-refractivity contribution in [1.82, 2.24) is 6.15 Å². The van der Waals surface area contributed by atoms with E-state index in [-0.39, 0.29) is 6.15 Å². The van der Waals surface area contributed by atoms with E-state index >= 15 is 0 Å². The lowest BCUT2D eigenvalue weighted by Crippen LogP contribution is -1.69. The van der Waals surface area contributed by atoms with Crippen LogP contribution in [0.4, 0.5) is 0 Å². The SMILES string of the molecule is N.[B]CCCCC. The molecule has 0 saturated carbocycles. The minimum atomic E-state index is 0. The van der Waals surface area contributed by atoms with Crippen LogP contribution in [0.15, 0.2) is 0 Å². The maximum atomic E-state index is 5.21. The fourth-order valence-corrected chi connectivity index (χ4v) is 0.394. The average molecular weight is 99.0 g/mol. The van der Waals surface area contributed by atoms with Crippen LogP contribution in [0.2, 0.25) is 6.32 Å². The summed E-state index contributed by atoms with van der Waals surface area (Å²) in [4.78, 5) is 0. The lowest BCUT2D eigenvalue weighted by Gasteiger charge is -1.86. The summed E-state index contributed by atoms with van der Waals surface area (Å²) >= 11 is 0. The Morgan fingerprint density at radius 2 is 1.86 bits per heavy atom. The summed E-state index contributed by atoms with van der Waals surface area (Å²) in [6, 6.07) is 0. The molecule has 0 aromatic carbocycles. The Morgan fingerprint density at radius 3 is 2.00 bits per heavy atom. The first kappa shape index (κ1) is 10.1. The highest BCUT2D eigenvalue weighted by atomic mass is 14.0. The fourth-order valence-electron chi connectivity index (χ4n) is 0.394. The van der Waals surface area contributed by atoms with Gasteiger partial charge in [-0.2, -0.15) is 0 Å². The Hall–Kier alpha value is 0.0249. The van der Waals surface area contributed by atoms with E-state index in [0.29, 0.717) is 0 Å². The molecule has 1 nitrogen and oxygen atoms in total. The Kier molecular flexibility index (Phi) is 13.5. The van der Waals surface area contributed by atoms with Gasteiger partial charge in [0.25, 0.3) is 0 Å². The van der Waals surface area contributed by atoms with Crippen LogP contribution in [0.5, 0.6) is 0 Å². The predicted molar refractivity (Wildman–Crippen MR) is 35.1 cm³/mol. The van der Waals surface area contributed by atoms with Gasteiger partial charge in [0.15, 0.2) is 0 Å². The standard InChI is InChI=1S/C5H11B.H3N/c1-2-3-4-5-6;/h2-5H2,1H3;1H3. The van der Waals surface area contributed by atoms with Crippen LogP contribution >= 0.6 is 0 Å². The van der Waals surface area contributed by atoms with Gasteiger partial charge < -0.3 is 6.15 Å². The summed E-state index contributed by atoms with van der Waals surface area (Å²) in [6.45, 7) is 2.18. The number of hydrogen-bond acceptors (Lipinski definition) is 1. The highest BCUT2D eigenvalue weighted by molar-refractivity contribution is 6.08. The van der Waals surface area contributed by atoms with Crippen molar-refractivity contribution < 1.29 is 0 Å². The number of unbranched alkanes of at least 4 members (excludes halogenated alkanes) is 2. The molecule has 0 aromatic heterocycles. The zero-order valence-corrected chi connectivity index (χ0v) is 5.11. The summed E-state index contributed by atoms with van der Waals surface area (Å²) in [5, 5.41) is 0. The molecule has 42 valence electrons. The maximum Gasteiger partial charge on any atom is 0.0653 e. The summed E-state index contributed by atoms with van der Waals surface area (Å²) in [6.07, 6.45) is 4.61. The molecule has 2 radical (unpaired) electrons. The van der Waals surface area contributed by atoms with E-state index in [1.54, 1.807) is 0 Å². The van der Waals surface area contributed by atoms with Gasteiger partial charge in [-0.25, -0.2) is 0 Å². The minimum absolute atomic E-state index is 0. The zero-order valence-electron chi connectivity index (χ0n) is 5.11. The molecular weight excluding hydrogens is 84.9 g/mol. The van der Waals surface area contributed by atoms with Gasteiger partial charge in [0.1, 0.15) is 0 Å². The Morgan fingerprint density at radius 1 is 1.29 bits per heavy atom. The molecule has 0 aliphatic heterocycles. The first-order valence-corrected chi connectivity index (χ1v) is 2.62. The largest absolute Gasteiger partial charge is 0.344 e. The maximum absolute atomic E-state index is 5.21. The van der Waals surface area contributed by atoms with Gasteiger partial charge in [-0.15, -0.1) is 0 Å². The molecule has 3 N–H and O–H groups in total. The third-order valence-corrected chi connectivity index (χ3v) is 0.808. The highest BCUT2D eigenvalue weighted by Crippen LogP contribution is 1.94. The van der Waals surface area contributed by atoms with Crippen molar-refractivity contribution in [3.8, 4) is 0 Å². The third-order valence-electron chi connectivity index (χ3n) is 0.808. The molecule has 0 rings (SSSR count). The van der Waals surface area contributed by atoms with Crippen molar-refractivity contribution >= 4 is 7.85 Å². The Balaban J connectivity index is 0. The van der Waals surface area contributed by atoms with E-state index in [1.807, 2.05) is 0 Å². The van der Waals surface area contributed by atoms with Gasteiger partial charge in [0, 0.05) is 0 Å². The smallest absolute Gasteiger partial charge is 0.0653 e. The van der Waals surface area contributed by atoms with Crippen LogP contribution in [0.1, 0.15) is 26.2 Å². The Bertz CT molecular complexity index is 20.0. The van der Waals surface area contributed by atoms with Crippen LogP contribution in [-0.4, -0.2) is 7.85 Å². The predicted octanol–water partition coefficient (Wildman–Crippen LogP) is 1.93. The molecule has 0 atom stereocenters. The van der Waals surface area contributed by atoms with E-state index in [2.05, 4.69) is 6.92 Å². The molecule has 0 bridgehead atoms. The van der Waals surface area contributed by atoms with Crippen molar-refractivity contribution in [3.05, 3.63) is 0 Å². The summed E-state index contributed by atoms with van der Waals surface area (Å²) in [7, 11) is 5.21. The van der Waals surface area contributed by atoms with Crippen molar-refractivity contribution in [2.24, 2.45) is 0 Å². The second-order valence-electron chi connectivity index (χ2n) is 1.50. The molecule has 0 heterocycles. The second kappa shape index (κ2) is 9.39. The quantitative estimate of drug-likeness (QED) is 0.425. The molecule has 0 aliphatic rings. The van der Waals surface area contributed by atoms with Gasteiger partial charge in [0.05, 0.1) is 7.85 Å². The third kappa shape index (κ3) is 10.7. The van der Waals surface area contributed by atoms with Crippen molar-refractivity contribution in [2.75, 3.05) is 0 Å². The van der Waals surface area contributed by atoms with E-state index in [4.69, 9.17) is 7.85 Å². The van der Waals surface area contributed by atoms with Crippen molar-refractivity contribution in [2.45, 2.75) is 32.5 Å². The molecule has 0 fully saturated rings. The fraction of sp³-hybridized carbons (Fsp3) is 1.00. The van der Waals surface area contributed by atoms with Crippen LogP contribution in [0.25, 0.3) is 0 Å². The van der Waals surface area contributed by atoms with Crippen LogP contribution in [-0.2, 0) is 0 Å². The molecule has 2 heteroatoms. The molecule has 0 aromatic rings. The van der Waals surface area contributed by atoms with Crippen molar-refractivity contribution in [3.63, 3.8) is 0 Å². The summed E-state index contributed by atoms with van der Waals surface area (Å²) < 4.78 is 0. The molecule has 0 spiro atoms. The van der Waals surface area contributed by atoms with E-state index in [0.717, 1.165) is 6.32 Å². The number of rotatable bonds is 3. The molecular formula is C5H14BN. The first-order chi connectivity index (χ1) is 2.91. The molecule has 0 amide bonds. The van der Waals surface area contributed by atoms with E-state index in [1.165, 1.54) is 19.3 Å². The second-order valence-corrected chi connectivity index (χ2v) is 1.50. The Labute approximate surface area is 47.5 Å². The molecule has 0 unspecified atom stereocenters. The van der Waals surface area contributed by atoms with Crippen molar-refractivity contribution in [1.29, 1.82) is 0 Å². The molecule has 0 aliphatic carbocycles. The van der Waals surface area contributed by atoms with Gasteiger partial charge in [0.2, 0.25) is 0 Å². The average Bonchev–Trinajstić information content (AvgIpc) is 1.61. The van der Waals surface area contributed by atoms with Crippen LogP contribution < -0.4 is 6.15 Å². The minimum Gasteiger partial charge on any atom is -0.344 e. The van der Waals surface area contributed by atoms with Crippen LogP contribution in [0, 0.1) is 0 Å². The number of hydrogen-bond donors (Lipinski definition) is 1. The monoisotopic (exact) mass is 99.1 g/mol. The van der Waals surface area contributed by atoms with Gasteiger partial charge in [-0.3, -0.25) is 0 Å². The van der Waals surface area contributed by atoms with E-state index < -0.39 is 0 Å². The lowest BCUT2D eigenvalue weighted by atomic mass is 10.00. The zero-order chi connectivity index (χ0) is 4.83. The topological polar surface area (TPSA) is 35.0 Å². The highest BCUT2D eigenvalue weighted by Gasteiger charge is 1.75. The lowest BCUT2D eigenvalue weighted by molar-refractivity contribution is 0.771. The summed E-state index contributed by atoms with van der Waals surface area (Å²) in [5.41, 5.74) is 0. The van der Waals surface area contributed by atoms with Crippen LogP contribution in [0.3, 0.4) is 0 Å². The first-order valence-electron chi connectivity index (χ1n) is 2.62. The van der Waals surface area contributed by atoms with Gasteiger partial charge in [-0.1, -0.05) is 32.5 Å². The van der Waals surface area contributed by atoms with Gasteiger partial charge >= 0.3 is 0 Å². The molecule has 0 saturated heterocycles.